The fraction of sp³-hybridized carbons (Fsp3) is 0.379. The number of ether oxygens (including phenoxy) is 1. The molecule has 0 saturated carbocycles. The maximum Gasteiger partial charge on any atom is 0.259 e. The van der Waals surface area contributed by atoms with Crippen LogP contribution in [0.1, 0.15) is 53.6 Å². The first-order valence-electron chi connectivity index (χ1n) is 12.1. The van der Waals surface area contributed by atoms with Crippen LogP contribution in [0.4, 0.5) is 16.4 Å². The van der Waals surface area contributed by atoms with Gasteiger partial charge < -0.3 is 15.0 Å². The second kappa shape index (κ2) is 10.2. The highest BCUT2D eigenvalue weighted by molar-refractivity contribution is 7.16. The predicted molar refractivity (Wildman–Crippen MR) is 148 cm³/mol. The van der Waals surface area contributed by atoms with E-state index in [1.165, 1.54) is 4.88 Å². The summed E-state index contributed by atoms with van der Waals surface area (Å²) in [6, 6.07) is 15.7. The number of nitrogens with zero attached hydrogens (tertiary/aromatic N) is 2. The normalized spacial score (nSPS) is 15.7. The van der Waals surface area contributed by atoms with E-state index in [1.54, 1.807) is 18.4 Å². The number of fused-ring (bicyclic) bond motifs is 1. The Hall–Kier alpha value is -3.12. The smallest absolute Gasteiger partial charge is 0.259 e. The van der Waals surface area contributed by atoms with Crippen LogP contribution in [0.2, 0.25) is 0 Å². The second-order valence-electron chi connectivity index (χ2n) is 10.4. The zero-order valence-electron chi connectivity index (χ0n) is 21.5. The molecule has 1 unspecified atom stereocenters. The molecule has 1 N–H and O–H groups in total. The second-order valence-corrected chi connectivity index (χ2v) is 11.5. The number of thiophene rings is 1. The van der Waals surface area contributed by atoms with Crippen LogP contribution in [-0.4, -0.2) is 33.3 Å². The van der Waals surface area contributed by atoms with Gasteiger partial charge in [-0.15, -0.1) is 11.3 Å². The number of carbonyl (C=O) groups excluding carboxylic acids is 1. The fourth-order valence-corrected chi connectivity index (χ4v) is 5.76. The topological polar surface area (TPSA) is 53.9 Å². The number of aliphatic imine (C=N–C) groups is 1. The highest BCUT2D eigenvalue weighted by Crippen LogP contribution is 2.45. The maximum atomic E-state index is 13.5. The highest BCUT2D eigenvalue weighted by Gasteiger charge is 2.33. The van der Waals surface area contributed by atoms with Crippen LogP contribution in [0, 0.1) is 11.3 Å². The lowest BCUT2D eigenvalue weighted by Gasteiger charge is -2.33. The fourth-order valence-electron chi connectivity index (χ4n) is 4.50. The zero-order valence-corrected chi connectivity index (χ0v) is 22.3. The van der Waals surface area contributed by atoms with Crippen molar-refractivity contribution in [3.05, 3.63) is 70.1 Å². The lowest BCUT2D eigenvalue weighted by atomic mass is 9.72. The minimum Gasteiger partial charge on any atom is -0.497 e. The van der Waals surface area contributed by atoms with E-state index in [-0.39, 0.29) is 11.3 Å². The molecule has 0 spiro atoms. The summed E-state index contributed by atoms with van der Waals surface area (Å²) in [5, 5.41) is 3.86. The van der Waals surface area contributed by atoms with Crippen LogP contribution < -0.4 is 15.0 Å². The molecule has 0 aliphatic heterocycles. The summed E-state index contributed by atoms with van der Waals surface area (Å²) in [7, 11) is 5.68. The molecule has 1 amide bonds. The van der Waals surface area contributed by atoms with Crippen LogP contribution in [0.5, 0.6) is 5.75 Å². The van der Waals surface area contributed by atoms with Gasteiger partial charge in [-0.3, -0.25) is 4.79 Å². The zero-order chi connectivity index (χ0) is 25.2. The minimum absolute atomic E-state index is 0.100. The number of methoxy groups -OCH3 is 1. The van der Waals surface area contributed by atoms with Crippen molar-refractivity contribution in [2.45, 2.75) is 40.0 Å². The summed E-state index contributed by atoms with van der Waals surface area (Å²) in [4.78, 5) is 21.7. The number of amides is 1. The van der Waals surface area contributed by atoms with E-state index in [1.807, 2.05) is 44.6 Å². The molecule has 1 aromatic heterocycles. The molecule has 184 valence electrons. The van der Waals surface area contributed by atoms with E-state index < -0.39 is 0 Å². The minimum atomic E-state index is -0.100. The van der Waals surface area contributed by atoms with Gasteiger partial charge in [0.05, 0.1) is 12.7 Å². The SMILES string of the molecule is COc1ccc(NC(=O)c2c(N=Cc3ccc(N(C)C)cc3)sc3c2CCC(C(C)(C)C)C3)cc1. The summed E-state index contributed by atoms with van der Waals surface area (Å²) >= 11 is 1.67. The Labute approximate surface area is 212 Å². The van der Waals surface area contributed by atoms with E-state index in [0.29, 0.717) is 11.5 Å². The average molecular weight is 490 g/mol. The standard InChI is InChI=1S/C29H35N3O2S/c1-29(2,3)20-9-16-24-25(17-20)35-28(30-18-19-7-12-22(13-8-19)32(4)5)26(24)27(33)31-21-10-14-23(34-6)15-11-21/h7-8,10-15,18,20H,9,16-17H2,1-6H3,(H,31,33). The molecule has 1 heterocycles. The van der Waals surface area contributed by atoms with Crippen molar-refractivity contribution in [3.8, 4) is 5.75 Å². The third-order valence-corrected chi connectivity index (χ3v) is 7.95. The van der Waals surface area contributed by atoms with E-state index in [2.05, 4.69) is 55.3 Å². The number of benzene rings is 2. The van der Waals surface area contributed by atoms with Crippen molar-refractivity contribution in [3.63, 3.8) is 0 Å². The van der Waals surface area contributed by atoms with Crippen molar-refractivity contribution < 1.29 is 9.53 Å². The van der Waals surface area contributed by atoms with Gasteiger partial charge in [-0.2, -0.15) is 0 Å². The van der Waals surface area contributed by atoms with E-state index >= 15 is 0 Å². The Balaban J connectivity index is 1.66. The molecule has 0 radical (unpaired) electrons. The van der Waals surface area contributed by atoms with E-state index in [9.17, 15) is 4.79 Å². The number of nitrogens with one attached hydrogen (secondary N) is 1. The van der Waals surface area contributed by atoms with Gasteiger partial charge in [0, 0.05) is 36.6 Å². The molecule has 0 bridgehead atoms. The van der Waals surface area contributed by atoms with Gasteiger partial charge in [-0.25, -0.2) is 4.99 Å². The van der Waals surface area contributed by atoms with Gasteiger partial charge in [-0.1, -0.05) is 32.9 Å². The molecule has 1 atom stereocenters. The first-order valence-corrected chi connectivity index (χ1v) is 12.9. The van der Waals surface area contributed by atoms with Crippen LogP contribution in [-0.2, 0) is 12.8 Å². The molecule has 2 aromatic carbocycles. The Morgan fingerprint density at radius 1 is 1.11 bits per heavy atom. The molecule has 0 saturated heterocycles. The molecule has 4 rings (SSSR count). The van der Waals surface area contributed by atoms with Crippen LogP contribution in [0.3, 0.4) is 0 Å². The van der Waals surface area contributed by atoms with Crippen LogP contribution in [0.25, 0.3) is 0 Å². The number of hydrogen-bond donors (Lipinski definition) is 1. The number of carbonyl (C=O) groups is 1. The Morgan fingerprint density at radius 3 is 2.40 bits per heavy atom. The van der Waals surface area contributed by atoms with Gasteiger partial charge in [-0.05, 0) is 78.1 Å². The third-order valence-electron chi connectivity index (χ3n) is 6.79. The average Bonchev–Trinajstić information content (AvgIpc) is 3.20. The van der Waals surface area contributed by atoms with Crippen molar-refractivity contribution >= 4 is 39.8 Å². The third kappa shape index (κ3) is 5.76. The van der Waals surface area contributed by atoms with Gasteiger partial charge in [0.25, 0.3) is 5.91 Å². The Bertz CT molecular complexity index is 1200. The molecule has 0 fully saturated rings. The molecule has 3 aromatic rings. The highest BCUT2D eigenvalue weighted by atomic mass is 32.1. The van der Waals surface area contributed by atoms with Crippen molar-refractivity contribution in [2.75, 3.05) is 31.4 Å². The van der Waals surface area contributed by atoms with E-state index in [4.69, 9.17) is 9.73 Å². The van der Waals surface area contributed by atoms with Crippen molar-refractivity contribution in [2.24, 2.45) is 16.3 Å². The largest absolute Gasteiger partial charge is 0.497 e. The van der Waals surface area contributed by atoms with Gasteiger partial charge >= 0.3 is 0 Å². The first kappa shape index (κ1) is 25.0. The summed E-state index contributed by atoms with van der Waals surface area (Å²) in [5.74, 6) is 1.26. The quantitative estimate of drug-likeness (QED) is 0.380. The molecule has 5 nitrogen and oxygen atoms in total. The molecular weight excluding hydrogens is 454 g/mol. The van der Waals surface area contributed by atoms with Crippen LogP contribution in [0.15, 0.2) is 53.5 Å². The summed E-state index contributed by atoms with van der Waals surface area (Å²) < 4.78 is 5.24. The molecule has 35 heavy (non-hydrogen) atoms. The molecule has 1 aliphatic carbocycles. The van der Waals surface area contributed by atoms with E-state index in [0.717, 1.165) is 52.5 Å². The Kier molecular flexibility index (Phi) is 7.31. The molecular formula is C29H35N3O2S. The predicted octanol–water partition coefficient (Wildman–Crippen LogP) is 6.98. The lowest BCUT2D eigenvalue weighted by Crippen LogP contribution is -2.27. The summed E-state index contributed by atoms with van der Waals surface area (Å²) in [6.07, 6.45) is 4.86. The lowest BCUT2D eigenvalue weighted by molar-refractivity contribution is 0.102. The van der Waals surface area contributed by atoms with Crippen LogP contribution >= 0.6 is 11.3 Å². The number of rotatable bonds is 6. The number of hydrogen-bond acceptors (Lipinski definition) is 5. The molecule has 6 heteroatoms. The molecule has 1 aliphatic rings. The van der Waals surface area contributed by atoms with Crippen molar-refractivity contribution in [1.29, 1.82) is 0 Å². The number of anilines is 2. The summed E-state index contributed by atoms with van der Waals surface area (Å²) in [5.41, 5.74) is 5.02. The Morgan fingerprint density at radius 2 is 1.80 bits per heavy atom. The van der Waals surface area contributed by atoms with Crippen molar-refractivity contribution in [1.82, 2.24) is 0 Å². The van der Waals surface area contributed by atoms with Gasteiger partial charge in [0.15, 0.2) is 0 Å². The monoisotopic (exact) mass is 489 g/mol. The maximum absolute atomic E-state index is 13.5. The summed E-state index contributed by atoms with van der Waals surface area (Å²) in [6.45, 7) is 6.93. The van der Waals surface area contributed by atoms with Gasteiger partial charge in [0.2, 0.25) is 0 Å². The first-order chi connectivity index (χ1) is 16.7. The van der Waals surface area contributed by atoms with Gasteiger partial charge in [0.1, 0.15) is 10.8 Å².